The Labute approximate surface area is 133 Å². The van der Waals surface area contributed by atoms with E-state index in [9.17, 15) is 0 Å². The number of halogens is 3. The summed E-state index contributed by atoms with van der Waals surface area (Å²) in [4.78, 5) is 0. The highest BCUT2D eigenvalue weighted by molar-refractivity contribution is 9.11. The van der Waals surface area contributed by atoms with Crippen LogP contribution in [0, 0.1) is 0 Å². The molecular weight excluding hydrogens is 426 g/mol. The molecule has 0 spiro atoms. The predicted octanol–water partition coefficient (Wildman–Crippen LogP) is 5.34. The van der Waals surface area contributed by atoms with Crippen LogP contribution in [0.2, 0.25) is 0 Å². The molecule has 5 heteroatoms. The van der Waals surface area contributed by atoms with Gasteiger partial charge in [0.05, 0.1) is 11.8 Å². The third-order valence-corrected chi connectivity index (χ3v) is 5.02. The third kappa shape index (κ3) is 3.71. The van der Waals surface area contributed by atoms with E-state index in [0.717, 1.165) is 25.5 Å². The molecule has 0 aliphatic heterocycles. The summed E-state index contributed by atoms with van der Waals surface area (Å²) in [5.41, 5.74) is 1.12. The lowest BCUT2D eigenvalue weighted by Gasteiger charge is -2.30. The van der Waals surface area contributed by atoms with E-state index in [2.05, 4.69) is 65.2 Å². The quantitative estimate of drug-likeness (QED) is 0.683. The fraction of sp³-hybridized carbons (Fsp3) is 0.538. The first-order chi connectivity index (χ1) is 8.60. The van der Waals surface area contributed by atoms with Crippen LogP contribution in [0.1, 0.15) is 25.7 Å². The molecule has 1 aliphatic carbocycles. The summed E-state index contributed by atoms with van der Waals surface area (Å²) in [5.74, 6) is 0. The van der Waals surface area contributed by atoms with Crippen molar-refractivity contribution >= 4 is 53.5 Å². The third-order valence-electron chi connectivity index (χ3n) is 3.31. The maximum absolute atomic E-state index is 5.47. The Kier molecular flexibility index (Phi) is 5.54. The van der Waals surface area contributed by atoms with Crippen LogP contribution in [0.4, 0.5) is 5.69 Å². The van der Waals surface area contributed by atoms with Gasteiger partial charge < -0.3 is 10.1 Å². The van der Waals surface area contributed by atoms with Crippen molar-refractivity contribution in [2.45, 2.75) is 37.8 Å². The highest BCUT2D eigenvalue weighted by Gasteiger charge is 2.22. The molecule has 1 fully saturated rings. The van der Waals surface area contributed by atoms with Gasteiger partial charge in [0.1, 0.15) is 0 Å². The van der Waals surface area contributed by atoms with Crippen molar-refractivity contribution in [3.05, 3.63) is 25.6 Å². The summed E-state index contributed by atoms with van der Waals surface area (Å²) < 4.78 is 8.67. The Morgan fingerprint density at radius 2 is 1.83 bits per heavy atom. The number of nitrogens with one attached hydrogen (secondary N) is 1. The lowest BCUT2D eigenvalue weighted by Crippen LogP contribution is -2.31. The van der Waals surface area contributed by atoms with Crippen LogP contribution < -0.4 is 5.32 Å². The SMILES string of the molecule is COC1CCCC(Nc2c(Br)cc(Br)cc2Br)C1. The Bertz CT molecular complexity index is 402. The Balaban J connectivity index is 2.09. The summed E-state index contributed by atoms with van der Waals surface area (Å²) in [6.07, 6.45) is 5.07. The lowest BCUT2D eigenvalue weighted by atomic mass is 9.92. The number of methoxy groups -OCH3 is 1. The first-order valence-electron chi connectivity index (χ1n) is 6.04. The summed E-state index contributed by atoms with van der Waals surface area (Å²) in [6, 6.07) is 4.60. The van der Waals surface area contributed by atoms with Crippen LogP contribution in [-0.4, -0.2) is 19.3 Å². The molecule has 2 atom stereocenters. The van der Waals surface area contributed by atoms with E-state index in [1.165, 1.54) is 19.3 Å². The fourth-order valence-electron chi connectivity index (χ4n) is 2.37. The van der Waals surface area contributed by atoms with Crippen molar-refractivity contribution in [1.82, 2.24) is 0 Å². The molecule has 0 amide bonds. The van der Waals surface area contributed by atoms with Gasteiger partial charge in [-0.25, -0.2) is 0 Å². The molecule has 1 aromatic rings. The average Bonchev–Trinajstić information content (AvgIpc) is 2.34. The fourth-order valence-corrected chi connectivity index (χ4v) is 4.86. The van der Waals surface area contributed by atoms with Crippen molar-refractivity contribution in [1.29, 1.82) is 0 Å². The molecule has 2 nitrogen and oxygen atoms in total. The second-order valence-corrected chi connectivity index (χ2v) is 7.23. The van der Waals surface area contributed by atoms with Gasteiger partial charge in [0.25, 0.3) is 0 Å². The minimum atomic E-state index is 0.393. The van der Waals surface area contributed by atoms with Crippen molar-refractivity contribution in [2.75, 3.05) is 12.4 Å². The van der Waals surface area contributed by atoms with Crippen LogP contribution in [0.25, 0.3) is 0 Å². The summed E-state index contributed by atoms with van der Waals surface area (Å²) in [7, 11) is 1.80. The monoisotopic (exact) mass is 439 g/mol. The van der Waals surface area contributed by atoms with Crippen molar-refractivity contribution in [3.8, 4) is 0 Å². The second-order valence-electron chi connectivity index (χ2n) is 4.61. The van der Waals surface area contributed by atoms with Crippen LogP contribution in [0.15, 0.2) is 25.6 Å². The van der Waals surface area contributed by atoms with Gasteiger partial charge in [0, 0.05) is 26.6 Å². The topological polar surface area (TPSA) is 21.3 Å². The number of anilines is 1. The number of benzene rings is 1. The predicted molar refractivity (Wildman–Crippen MR) is 86.2 cm³/mol. The molecule has 0 bridgehead atoms. The van der Waals surface area contributed by atoms with E-state index in [-0.39, 0.29) is 0 Å². The molecule has 0 aromatic heterocycles. The van der Waals surface area contributed by atoms with Gasteiger partial charge in [0.15, 0.2) is 0 Å². The molecule has 1 aromatic carbocycles. The molecule has 1 aliphatic rings. The Hall–Kier alpha value is 0.420. The molecule has 1 N–H and O–H groups in total. The molecule has 0 saturated heterocycles. The van der Waals surface area contributed by atoms with Gasteiger partial charge in [-0.05, 0) is 69.7 Å². The average molecular weight is 442 g/mol. The van der Waals surface area contributed by atoms with Gasteiger partial charge in [0.2, 0.25) is 0 Å². The van der Waals surface area contributed by atoms with Crippen molar-refractivity contribution in [2.24, 2.45) is 0 Å². The van der Waals surface area contributed by atoms with E-state index in [1.54, 1.807) is 7.11 Å². The zero-order valence-electron chi connectivity index (χ0n) is 10.2. The number of rotatable bonds is 3. The molecule has 1 saturated carbocycles. The highest BCUT2D eigenvalue weighted by Crippen LogP contribution is 2.36. The van der Waals surface area contributed by atoms with Crippen LogP contribution >= 0.6 is 47.8 Å². The lowest BCUT2D eigenvalue weighted by molar-refractivity contribution is 0.0669. The van der Waals surface area contributed by atoms with E-state index in [4.69, 9.17) is 4.74 Å². The van der Waals surface area contributed by atoms with E-state index >= 15 is 0 Å². The van der Waals surface area contributed by atoms with Crippen LogP contribution in [0.3, 0.4) is 0 Å². The Morgan fingerprint density at radius 3 is 2.44 bits per heavy atom. The highest BCUT2D eigenvalue weighted by atomic mass is 79.9. The van der Waals surface area contributed by atoms with Gasteiger partial charge >= 0.3 is 0 Å². The molecule has 2 unspecified atom stereocenters. The second kappa shape index (κ2) is 6.73. The molecule has 18 heavy (non-hydrogen) atoms. The standard InChI is InChI=1S/C13H16Br3NO/c1-18-10-4-2-3-9(7-10)17-13-11(15)5-8(14)6-12(13)16/h5-6,9-10,17H,2-4,7H2,1H3. The first kappa shape index (κ1) is 14.8. The van der Waals surface area contributed by atoms with E-state index in [1.807, 2.05) is 0 Å². The normalized spacial score (nSPS) is 24.0. The zero-order chi connectivity index (χ0) is 13.1. The molecule has 2 rings (SSSR count). The summed E-state index contributed by atoms with van der Waals surface area (Å²) in [6.45, 7) is 0. The molecule has 0 radical (unpaired) electrons. The van der Waals surface area contributed by atoms with Crippen LogP contribution in [0.5, 0.6) is 0 Å². The van der Waals surface area contributed by atoms with Crippen molar-refractivity contribution < 1.29 is 4.74 Å². The number of hydrogen-bond acceptors (Lipinski definition) is 2. The number of hydrogen-bond donors (Lipinski definition) is 1. The van der Waals surface area contributed by atoms with Crippen LogP contribution in [-0.2, 0) is 4.74 Å². The van der Waals surface area contributed by atoms with E-state index < -0.39 is 0 Å². The smallest absolute Gasteiger partial charge is 0.0631 e. The van der Waals surface area contributed by atoms with Gasteiger partial charge in [-0.3, -0.25) is 0 Å². The Morgan fingerprint density at radius 1 is 1.17 bits per heavy atom. The zero-order valence-corrected chi connectivity index (χ0v) is 14.9. The molecule has 100 valence electrons. The molecule has 0 heterocycles. The minimum Gasteiger partial charge on any atom is -0.381 e. The van der Waals surface area contributed by atoms with Gasteiger partial charge in [-0.2, -0.15) is 0 Å². The minimum absolute atomic E-state index is 0.393. The summed E-state index contributed by atoms with van der Waals surface area (Å²) >= 11 is 10.7. The largest absolute Gasteiger partial charge is 0.381 e. The first-order valence-corrected chi connectivity index (χ1v) is 8.42. The van der Waals surface area contributed by atoms with Crippen molar-refractivity contribution in [3.63, 3.8) is 0 Å². The maximum atomic E-state index is 5.47. The maximum Gasteiger partial charge on any atom is 0.0631 e. The number of ether oxygens (including phenoxy) is 1. The van der Waals surface area contributed by atoms with E-state index in [0.29, 0.717) is 12.1 Å². The van der Waals surface area contributed by atoms with Gasteiger partial charge in [-0.1, -0.05) is 15.9 Å². The van der Waals surface area contributed by atoms with Gasteiger partial charge in [-0.15, -0.1) is 0 Å². The molecular formula is C13H16Br3NO. The summed E-state index contributed by atoms with van der Waals surface area (Å²) in [5, 5.41) is 3.61.